The number of urea groups is 1. The molecule has 0 spiro atoms. The molecule has 0 radical (unpaired) electrons. The lowest BCUT2D eigenvalue weighted by Crippen LogP contribution is -2.43. The van der Waals surface area contributed by atoms with Crippen LogP contribution in [-0.2, 0) is 0 Å². The maximum atomic E-state index is 12.4. The Bertz CT molecular complexity index is 970. The first-order chi connectivity index (χ1) is 13.1. The number of thiazole rings is 1. The van der Waals surface area contributed by atoms with Crippen LogP contribution in [-0.4, -0.2) is 35.1 Å². The van der Waals surface area contributed by atoms with Gasteiger partial charge in [0.15, 0.2) is 0 Å². The smallest absolute Gasteiger partial charge is 0.321 e. The fourth-order valence-corrected chi connectivity index (χ4v) is 4.40. The number of fused-ring (bicyclic) bond motifs is 1. The summed E-state index contributed by atoms with van der Waals surface area (Å²) in [6, 6.07) is 12.7. The SMILES string of the molecule is O=C(Nc1cccc(Cl)c1)N1CCC(Oc2nc3c(Cl)cccc3s2)CC1. The van der Waals surface area contributed by atoms with E-state index in [1.807, 2.05) is 30.3 Å². The molecule has 2 heterocycles. The zero-order chi connectivity index (χ0) is 18.8. The van der Waals surface area contributed by atoms with Crippen LogP contribution in [0.1, 0.15) is 12.8 Å². The highest BCUT2D eigenvalue weighted by Crippen LogP contribution is 2.33. The number of anilines is 1. The molecule has 5 nitrogen and oxygen atoms in total. The molecular formula is C19H17Cl2N3O2S. The van der Waals surface area contributed by atoms with Gasteiger partial charge in [-0.1, -0.05) is 46.7 Å². The first-order valence-electron chi connectivity index (χ1n) is 8.62. The zero-order valence-corrected chi connectivity index (χ0v) is 16.7. The first kappa shape index (κ1) is 18.3. The molecule has 27 heavy (non-hydrogen) atoms. The molecule has 0 atom stereocenters. The van der Waals surface area contributed by atoms with Crippen molar-refractivity contribution in [2.24, 2.45) is 0 Å². The molecule has 2 amide bonds. The third-order valence-corrected chi connectivity index (χ3v) is 5.87. The highest BCUT2D eigenvalue weighted by atomic mass is 35.5. The van der Waals surface area contributed by atoms with Crippen LogP contribution < -0.4 is 10.1 Å². The van der Waals surface area contributed by atoms with E-state index < -0.39 is 0 Å². The summed E-state index contributed by atoms with van der Waals surface area (Å²) in [5.74, 6) is 0. The molecule has 1 saturated heterocycles. The molecule has 8 heteroatoms. The summed E-state index contributed by atoms with van der Waals surface area (Å²) in [5, 5.41) is 4.73. The number of rotatable bonds is 3. The number of amides is 2. The Morgan fingerprint density at radius 2 is 1.96 bits per heavy atom. The van der Waals surface area contributed by atoms with Crippen molar-refractivity contribution in [1.29, 1.82) is 0 Å². The van der Waals surface area contributed by atoms with Crippen molar-refractivity contribution < 1.29 is 9.53 Å². The van der Waals surface area contributed by atoms with E-state index in [0.717, 1.165) is 23.1 Å². The van der Waals surface area contributed by atoms with Crippen LogP contribution in [0.5, 0.6) is 5.19 Å². The predicted octanol–water partition coefficient (Wildman–Crippen LogP) is 5.68. The van der Waals surface area contributed by atoms with Gasteiger partial charge in [0.05, 0.1) is 9.72 Å². The Kier molecular flexibility index (Phi) is 5.38. The lowest BCUT2D eigenvalue weighted by molar-refractivity contribution is 0.115. The summed E-state index contributed by atoms with van der Waals surface area (Å²) < 4.78 is 7.04. The molecular weight excluding hydrogens is 405 g/mol. The second kappa shape index (κ2) is 7.92. The van der Waals surface area contributed by atoms with E-state index in [-0.39, 0.29) is 12.1 Å². The number of halogens is 2. The number of ether oxygens (including phenoxy) is 1. The minimum Gasteiger partial charge on any atom is -0.467 e. The lowest BCUT2D eigenvalue weighted by Gasteiger charge is -2.31. The Hall–Kier alpha value is -2.02. The molecule has 0 aliphatic carbocycles. The van der Waals surface area contributed by atoms with Crippen LogP contribution in [0.2, 0.25) is 10.0 Å². The third-order valence-electron chi connectivity index (χ3n) is 4.42. The normalized spacial score (nSPS) is 15.1. The second-order valence-electron chi connectivity index (χ2n) is 6.31. The predicted molar refractivity (Wildman–Crippen MR) is 110 cm³/mol. The van der Waals surface area contributed by atoms with E-state index in [1.54, 1.807) is 17.0 Å². The topological polar surface area (TPSA) is 54.5 Å². The van der Waals surface area contributed by atoms with Crippen LogP contribution >= 0.6 is 34.5 Å². The molecule has 0 unspecified atom stereocenters. The van der Waals surface area contributed by atoms with Gasteiger partial charge in [-0.25, -0.2) is 9.78 Å². The number of piperidine rings is 1. The Morgan fingerprint density at radius 3 is 2.70 bits per heavy atom. The number of likely N-dealkylation sites (tertiary alicyclic amines) is 1. The highest BCUT2D eigenvalue weighted by molar-refractivity contribution is 7.20. The van der Waals surface area contributed by atoms with Gasteiger partial charge in [-0.05, 0) is 30.3 Å². The number of nitrogens with zero attached hydrogens (tertiary/aromatic N) is 2. The summed E-state index contributed by atoms with van der Waals surface area (Å²) in [6.45, 7) is 1.26. The number of hydrogen-bond donors (Lipinski definition) is 1. The van der Waals surface area contributed by atoms with E-state index in [4.69, 9.17) is 27.9 Å². The maximum Gasteiger partial charge on any atom is 0.321 e. The molecule has 0 bridgehead atoms. The molecule has 1 aromatic heterocycles. The molecule has 1 aliphatic heterocycles. The highest BCUT2D eigenvalue weighted by Gasteiger charge is 2.25. The van der Waals surface area contributed by atoms with Crippen LogP contribution in [0.3, 0.4) is 0 Å². The number of benzene rings is 2. The quantitative estimate of drug-likeness (QED) is 0.591. The van der Waals surface area contributed by atoms with Crippen LogP contribution in [0.15, 0.2) is 42.5 Å². The molecule has 1 aliphatic rings. The van der Waals surface area contributed by atoms with Crippen molar-refractivity contribution >= 4 is 56.5 Å². The van der Waals surface area contributed by atoms with Crippen molar-refractivity contribution in [2.75, 3.05) is 18.4 Å². The monoisotopic (exact) mass is 421 g/mol. The van der Waals surface area contributed by atoms with E-state index in [0.29, 0.717) is 34.0 Å². The summed E-state index contributed by atoms with van der Waals surface area (Å²) in [6.07, 6.45) is 1.55. The Labute approximate surface area is 170 Å². The zero-order valence-electron chi connectivity index (χ0n) is 14.3. The summed E-state index contributed by atoms with van der Waals surface area (Å²) in [4.78, 5) is 18.7. The van der Waals surface area contributed by atoms with E-state index >= 15 is 0 Å². The van der Waals surface area contributed by atoms with Crippen LogP contribution in [0.25, 0.3) is 10.2 Å². The number of carbonyl (C=O) groups excluding carboxylic acids is 1. The van der Waals surface area contributed by atoms with Gasteiger partial charge in [0.2, 0.25) is 0 Å². The molecule has 4 rings (SSSR count). The van der Waals surface area contributed by atoms with Crippen molar-refractivity contribution in [1.82, 2.24) is 9.88 Å². The van der Waals surface area contributed by atoms with Crippen LogP contribution in [0, 0.1) is 0 Å². The molecule has 3 aromatic rings. The third kappa shape index (κ3) is 4.29. The van der Waals surface area contributed by atoms with Crippen molar-refractivity contribution in [3.05, 3.63) is 52.5 Å². The molecule has 140 valence electrons. The Balaban J connectivity index is 1.33. The van der Waals surface area contributed by atoms with Gasteiger partial charge >= 0.3 is 6.03 Å². The number of carbonyl (C=O) groups is 1. The summed E-state index contributed by atoms with van der Waals surface area (Å²) in [5.41, 5.74) is 1.47. The van der Waals surface area contributed by atoms with Gasteiger partial charge in [0, 0.05) is 36.6 Å². The largest absolute Gasteiger partial charge is 0.467 e. The number of hydrogen-bond acceptors (Lipinski definition) is 4. The van der Waals surface area contributed by atoms with Crippen molar-refractivity contribution in [3.8, 4) is 5.19 Å². The van der Waals surface area contributed by atoms with E-state index in [2.05, 4.69) is 10.3 Å². The van der Waals surface area contributed by atoms with E-state index in [9.17, 15) is 4.79 Å². The fraction of sp³-hybridized carbons (Fsp3) is 0.263. The van der Waals surface area contributed by atoms with Gasteiger partial charge in [-0.3, -0.25) is 0 Å². The van der Waals surface area contributed by atoms with Gasteiger partial charge in [0.25, 0.3) is 5.19 Å². The molecule has 1 N–H and O–H groups in total. The minimum atomic E-state index is -0.123. The first-order valence-corrected chi connectivity index (χ1v) is 10.2. The number of aromatic nitrogens is 1. The molecule has 1 fully saturated rings. The Morgan fingerprint density at radius 1 is 1.19 bits per heavy atom. The number of para-hydroxylation sites is 1. The van der Waals surface area contributed by atoms with Gasteiger partial charge in [0.1, 0.15) is 11.6 Å². The average Bonchev–Trinajstić information content (AvgIpc) is 3.06. The van der Waals surface area contributed by atoms with Gasteiger partial charge < -0.3 is 15.0 Å². The lowest BCUT2D eigenvalue weighted by atomic mass is 10.1. The molecule has 2 aromatic carbocycles. The van der Waals surface area contributed by atoms with Gasteiger partial charge in [-0.15, -0.1) is 0 Å². The fourth-order valence-electron chi connectivity index (χ4n) is 3.03. The van der Waals surface area contributed by atoms with Crippen molar-refractivity contribution in [3.63, 3.8) is 0 Å². The second-order valence-corrected chi connectivity index (χ2v) is 8.15. The van der Waals surface area contributed by atoms with Gasteiger partial charge in [-0.2, -0.15) is 0 Å². The van der Waals surface area contributed by atoms with Crippen LogP contribution in [0.4, 0.5) is 10.5 Å². The van der Waals surface area contributed by atoms with E-state index in [1.165, 1.54) is 11.3 Å². The maximum absolute atomic E-state index is 12.4. The standard InChI is InChI=1S/C19H17Cl2N3O2S/c20-12-3-1-4-13(11-12)22-18(25)24-9-7-14(8-10-24)26-19-23-17-15(21)5-2-6-16(17)27-19/h1-6,11,14H,7-10H2,(H,22,25). The summed E-state index contributed by atoms with van der Waals surface area (Å²) in [7, 11) is 0. The molecule has 0 saturated carbocycles. The van der Waals surface area contributed by atoms with Crippen molar-refractivity contribution in [2.45, 2.75) is 18.9 Å². The minimum absolute atomic E-state index is 0.0413. The average molecular weight is 422 g/mol. The number of nitrogens with one attached hydrogen (secondary N) is 1. The summed E-state index contributed by atoms with van der Waals surface area (Å²) >= 11 is 13.6.